The summed E-state index contributed by atoms with van der Waals surface area (Å²) in [6.07, 6.45) is 9.22. The third-order valence-electron chi connectivity index (χ3n) is 6.78. The Morgan fingerprint density at radius 3 is 2.80 bits per heavy atom. The van der Waals surface area contributed by atoms with Gasteiger partial charge in [-0.05, 0) is 60.3 Å². The fraction of sp³-hybridized carbons (Fsp3) is 0.571. The van der Waals surface area contributed by atoms with Gasteiger partial charge in [-0.2, -0.15) is 0 Å². The number of hydrogen-bond acceptors (Lipinski definition) is 3. The molecule has 1 aliphatic heterocycles. The van der Waals surface area contributed by atoms with Crippen LogP contribution in [0.25, 0.3) is 5.57 Å². The molecule has 1 saturated carbocycles. The Kier molecular flexibility index (Phi) is 4.51. The Morgan fingerprint density at radius 2 is 2.12 bits per heavy atom. The van der Waals surface area contributed by atoms with Crippen LogP contribution in [-0.2, 0) is 11.2 Å². The van der Waals surface area contributed by atoms with Crippen LogP contribution in [0.3, 0.4) is 0 Å². The third kappa shape index (κ3) is 2.39. The van der Waals surface area contributed by atoms with Crippen molar-refractivity contribution in [2.24, 2.45) is 16.7 Å². The van der Waals surface area contributed by atoms with Crippen LogP contribution in [0.15, 0.2) is 23.1 Å². The van der Waals surface area contributed by atoms with E-state index in [2.05, 4.69) is 39.0 Å². The largest absolute Gasteiger partial charge is 0.427 e. The molecule has 0 aromatic heterocycles. The Balaban J connectivity index is 1.81. The first-order valence-corrected chi connectivity index (χ1v) is 11.1. The van der Waals surface area contributed by atoms with Crippen molar-refractivity contribution in [3.8, 4) is 5.75 Å². The first-order chi connectivity index (χ1) is 12.0. The molecule has 2 aliphatic carbocycles. The second kappa shape index (κ2) is 6.29. The van der Waals surface area contributed by atoms with Gasteiger partial charge in [-0.1, -0.05) is 51.5 Å². The van der Waals surface area contributed by atoms with Crippen LogP contribution in [-0.4, -0.2) is 5.12 Å². The van der Waals surface area contributed by atoms with Crippen LogP contribution in [0.5, 0.6) is 5.75 Å². The lowest BCUT2D eigenvalue weighted by Crippen LogP contribution is -2.40. The molecular weight excluding hydrogens is 443 g/mol. The highest BCUT2D eigenvalue weighted by Gasteiger charge is 2.66. The molecule has 2 atom stereocenters. The number of aryl methyl sites for hydroxylation is 1. The van der Waals surface area contributed by atoms with E-state index in [0.29, 0.717) is 11.0 Å². The second-order valence-corrected chi connectivity index (χ2v) is 9.70. The second-order valence-electron chi connectivity index (χ2n) is 8.24. The fourth-order valence-electron chi connectivity index (χ4n) is 5.22. The standard InChI is InChI=1S/C21H25IO2S/c1-4-5-6-7-13-10-16(24-22)18-15-12-14-8-9-21(15,20(14,2)3)19(23)25-17(18)11-13/h10-12,14H,4-9H2,1-3H3. The van der Waals surface area contributed by atoms with Gasteiger partial charge in [-0.3, -0.25) is 4.79 Å². The summed E-state index contributed by atoms with van der Waals surface area (Å²) in [5.41, 5.74) is 3.43. The molecule has 0 amide bonds. The summed E-state index contributed by atoms with van der Waals surface area (Å²) < 4.78 is 5.78. The highest BCUT2D eigenvalue weighted by Crippen LogP contribution is 2.72. The first kappa shape index (κ1) is 17.9. The smallest absolute Gasteiger partial charge is 0.204 e. The molecule has 2 unspecified atom stereocenters. The van der Waals surface area contributed by atoms with Crippen LogP contribution < -0.4 is 3.07 Å². The van der Waals surface area contributed by atoms with Crippen molar-refractivity contribution in [3.05, 3.63) is 29.3 Å². The number of unbranched alkanes of at least 4 members (excludes halogenated alkanes) is 2. The number of carbonyl (C=O) groups is 1. The van der Waals surface area contributed by atoms with E-state index in [0.717, 1.165) is 29.9 Å². The van der Waals surface area contributed by atoms with Gasteiger partial charge in [0.25, 0.3) is 0 Å². The van der Waals surface area contributed by atoms with Gasteiger partial charge in [0.05, 0.1) is 5.41 Å². The number of allylic oxidation sites excluding steroid dienone is 2. The van der Waals surface area contributed by atoms with Crippen LogP contribution >= 0.6 is 34.8 Å². The van der Waals surface area contributed by atoms with Crippen molar-refractivity contribution in [1.29, 1.82) is 0 Å². The monoisotopic (exact) mass is 468 g/mol. The number of benzene rings is 1. The normalized spacial score (nSPS) is 28.6. The average molecular weight is 468 g/mol. The number of thioether (sulfide) groups is 1. The average Bonchev–Trinajstić information content (AvgIpc) is 2.98. The van der Waals surface area contributed by atoms with E-state index < -0.39 is 0 Å². The molecule has 3 aliphatic rings. The quantitative estimate of drug-likeness (QED) is 0.360. The van der Waals surface area contributed by atoms with Gasteiger partial charge >= 0.3 is 0 Å². The van der Waals surface area contributed by atoms with Crippen LogP contribution in [0.1, 0.15) is 64.0 Å². The Bertz CT molecular complexity index is 767. The number of halogens is 1. The van der Waals surface area contributed by atoms with Gasteiger partial charge in [0.15, 0.2) is 23.0 Å². The van der Waals surface area contributed by atoms with E-state index in [1.807, 2.05) is 23.0 Å². The predicted octanol–water partition coefficient (Wildman–Crippen LogP) is 6.60. The molecule has 0 saturated heterocycles. The van der Waals surface area contributed by atoms with E-state index >= 15 is 0 Å². The number of carbonyl (C=O) groups excluding carboxylic acids is 1. The van der Waals surface area contributed by atoms with Crippen molar-refractivity contribution in [2.75, 3.05) is 0 Å². The molecular formula is C21H25IO2S. The van der Waals surface area contributed by atoms with Crippen LogP contribution in [0, 0.1) is 16.7 Å². The van der Waals surface area contributed by atoms with Crippen molar-refractivity contribution in [2.45, 2.75) is 64.2 Å². The Morgan fingerprint density at radius 1 is 1.32 bits per heavy atom. The van der Waals surface area contributed by atoms with Crippen LogP contribution in [0.2, 0.25) is 0 Å². The van der Waals surface area contributed by atoms with E-state index in [9.17, 15) is 4.79 Å². The molecule has 1 heterocycles. The lowest BCUT2D eigenvalue weighted by molar-refractivity contribution is -0.120. The van der Waals surface area contributed by atoms with Crippen molar-refractivity contribution >= 4 is 45.5 Å². The van der Waals surface area contributed by atoms with Crippen molar-refractivity contribution < 1.29 is 7.86 Å². The molecule has 4 heteroatoms. The maximum Gasteiger partial charge on any atom is 0.204 e. The van der Waals surface area contributed by atoms with Gasteiger partial charge in [-0.25, -0.2) is 0 Å². The minimum Gasteiger partial charge on any atom is -0.427 e. The molecule has 134 valence electrons. The van der Waals surface area contributed by atoms with E-state index in [1.165, 1.54) is 47.7 Å². The van der Waals surface area contributed by atoms with Crippen molar-refractivity contribution in [3.63, 3.8) is 0 Å². The van der Waals surface area contributed by atoms with Crippen LogP contribution in [0.4, 0.5) is 0 Å². The summed E-state index contributed by atoms with van der Waals surface area (Å²) >= 11 is 3.46. The van der Waals surface area contributed by atoms with E-state index in [4.69, 9.17) is 3.07 Å². The molecule has 4 rings (SSSR count). The number of fused-ring (bicyclic) bond motifs is 3. The summed E-state index contributed by atoms with van der Waals surface area (Å²) in [7, 11) is 0. The predicted molar refractivity (Wildman–Crippen MR) is 112 cm³/mol. The summed E-state index contributed by atoms with van der Waals surface area (Å²) in [4.78, 5) is 14.4. The zero-order chi connectivity index (χ0) is 17.8. The fourth-order valence-corrected chi connectivity index (χ4v) is 6.94. The number of rotatable bonds is 5. The number of hydrogen-bond donors (Lipinski definition) is 0. The summed E-state index contributed by atoms with van der Waals surface area (Å²) in [5.74, 6) is 1.45. The van der Waals surface area contributed by atoms with Gasteiger partial charge in [-0.15, -0.1) is 0 Å². The minimum atomic E-state index is -0.316. The van der Waals surface area contributed by atoms with E-state index in [1.54, 1.807) is 0 Å². The molecule has 1 fully saturated rings. The Labute approximate surface area is 168 Å². The van der Waals surface area contributed by atoms with Gasteiger partial charge < -0.3 is 3.07 Å². The summed E-state index contributed by atoms with van der Waals surface area (Å²) in [5, 5.41) is 0.348. The van der Waals surface area contributed by atoms with Crippen molar-refractivity contribution in [1.82, 2.24) is 0 Å². The maximum atomic E-state index is 13.3. The first-order valence-electron chi connectivity index (χ1n) is 9.36. The third-order valence-corrected chi connectivity index (χ3v) is 8.33. The Hall–Kier alpha value is -0.490. The molecule has 0 radical (unpaired) electrons. The molecule has 1 spiro atoms. The highest BCUT2D eigenvalue weighted by molar-refractivity contribution is 14.1. The van der Waals surface area contributed by atoms with E-state index in [-0.39, 0.29) is 10.8 Å². The molecule has 2 nitrogen and oxygen atoms in total. The molecule has 25 heavy (non-hydrogen) atoms. The summed E-state index contributed by atoms with van der Waals surface area (Å²) in [6, 6.07) is 4.43. The zero-order valence-corrected chi connectivity index (χ0v) is 18.1. The minimum absolute atomic E-state index is 0.0203. The van der Waals surface area contributed by atoms with Gasteiger partial charge in [0.1, 0.15) is 5.75 Å². The molecule has 1 aromatic carbocycles. The SMILES string of the molecule is CCCCCc1cc(OI)c2c(c1)SC(=O)C13CCC(C=C21)C3(C)C. The maximum absolute atomic E-state index is 13.3. The molecule has 2 bridgehead atoms. The van der Waals surface area contributed by atoms with Gasteiger partial charge in [0, 0.05) is 10.5 Å². The highest BCUT2D eigenvalue weighted by atomic mass is 127. The summed E-state index contributed by atoms with van der Waals surface area (Å²) in [6.45, 7) is 6.78. The lowest BCUT2D eigenvalue weighted by Gasteiger charge is -2.42. The lowest BCUT2D eigenvalue weighted by atomic mass is 9.65. The zero-order valence-electron chi connectivity index (χ0n) is 15.2. The topological polar surface area (TPSA) is 26.3 Å². The molecule has 1 aromatic rings. The molecule has 0 N–H and O–H groups in total. The van der Waals surface area contributed by atoms with Gasteiger partial charge in [0.2, 0.25) is 5.12 Å².